The number of amidine groups is 1. The average Bonchev–Trinajstić information content (AvgIpc) is 3.01. The lowest BCUT2D eigenvalue weighted by molar-refractivity contribution is -0.130. The summed E-state index contributed by atoms with van der Waals surface area (Å²) in [4.78, 5) is 13.7. The van der Waals surface area contributed by atoms with Gasteiger partial charge in [-0.1, -0.05) is 19.0 Å². The van der Waals surface area contributed by atoms with Crippen LogP contribution >= 0.6 is 0 Å². The van der Waals surface area contributed by atoms with Crippen LogP contribution < -0.4 is 5.73 Å². The van der Waals surface area contributed by atoms with Crippen LogP contribution in [0, 0.1) is 5.92 Å². The fraction of sp³-hybridized carbons (Fsp3) is 0.818. The Balaban J connectivity index is 2.46. The van der Waals surface area contributed by atoms with Gasteiger partial charge in [-0.05, 0) is 25.2 Å². The number of carbonyl (C=O) groups excluding carboxylic acids is 1. The van der Waals surface area contributed by atoms with E-state index >= 15 is 0 Å². The third-order valence-electron chi connectivity index (χ3n) is 2.72. The van der Waals surface area contributed by atoms with Crippen molar-refractivity contribution >= 4 is 11.7 Å². The third-order valence-corrected chi connectivity index (χ3v) is 2.72. The molecule has 0 aliphatic heterocycles. The molecule has 0 heterocycles. The van der Waals surface area contributed by atoms with Crippen molar-refractivity contribution < 1.29 is 10.0 Å². The number of nitrogens with zero attached hydrogens (tertiary/aromatic N) is 2. The van der Waals surface area contributed by atoms with Gasteiger partial charge in [0.15, 0.2) is 0 Å². The van der Waals surface area contributed by atoms with Gasteiger partial charge in [-0.15, -0.1) is 0 Å². The Morgan fingerprint density at radius 2 is 2.19 bits per heavy atom. The second-order valence-electron chi connectivity index (χ2n) is 4.77. The topological polar surface area (TPSA) is 78.9 Å². The number of rotatable bonds is 6. The number of nitrogens with two attached hydrogens (primary N) is 1. The molecule has 92 valence electrons. The second-order valence-corrected chi connectivity index (χ2v) is 4.77. The second kappa shape index (κ2) is 5.72. The summed E-state index contributed by atoms with van der Waals surface area (Å²) in [5.41, 5.74) is 5.34. The Hall–Kier alpha value is -1.26. The Labute approximate surface area is 96.3 Å². The molecule has 1 saturated carbocycles. The van der Waals surface area contributed by atoms with Crippen molar-refractivity contribution in [1.29, 1.82) is 0 Å². The van der Waals surface area contributed by atoms with Crippen molar-refractivity contribution in [3.8, 4) is 0 Å². The summed E-state index contributed by atoms with van der Waals surface area (Å²) >= 11 is 0. The normalized spacial score (nSPS) is 16.6. The van der Waals surface area contributed by atoms with Crippen LogP contribution in [-0.4, -0.2) is 34.4 Å². The highest BCUT2D eigenvalue weighted by molar-refractivity contribution is 5.98. The van der Waals surface area contributed by atoms with Gasteiger partial charge in [-0.2, -0.15) is 0 Å². The van der Waals surface area contributed by atoms with E-state index in [2.05, 4.69) is 19.0 Å². The Morgan fingerprint density at radius 3 is 2.62 bits per heavy atom. The summed E-state index contributed by atoms with van der Waals surface area (Å²) in [6.07, 6.45) is 3.18. The summed E-state index contributed by atoms with van der Waals surface area (Å²) < 4.78 is 0. The SMILES string of the molecule is CC(C)CCN(C(=O)CC(N)=NO)C1CC1. The van der Waals surface area contributed by atoms with E-state index in [1.54, 1.807) is 0 Å². The molecule has 1 amide bonds. The van der Waals surface area contributed by atoms with Crippen molar-refractivity contribution in [2.75, 3.05) is 6.54 Å². The van der Waals surface area contributed by atoms with Crippen LogP contribution in [0.25, 0.3) is 0 Å². The van der Waals surface area contributed by atoms with Gasteiger partial charge in [0.05, 0.1) is 6.42 Å². The average molecular weight is 227 g/mol. The van der Waals surface area contributed by atoms with Gasteiger partial charge in [0.1, 0.15) is 5.84 Å². The van der Waals surface area contributed by atoms with Crippen LogP contribution in [0.15, 0.2) is 5.16 Å². The Bertz CT molecular complexity index is 272. The molecule has 0 radical (unpaired) electrons. The van der Waals surface area contributed by atoms with Gasteiger partial charge >= 0.3 is 0 Å². The first-order valence-electron chi connectivity index (χ1n) is 5.80. The van der Waals surface area contributed by atoms with Crippen molar-refractivity contribution in [2.24, 2.45) is 16.8 Å². The zero-order valence-electron chi connectivity index (χ0n) is 10.0. The molecule has 16 heavy (non-hydrogen) atoms. The molecule has 0 aromatic carbocycles. The summed E-state index contributed by atoms with van der Waals surface area (Å²) in [6, 6.07) is 0.387. The minimum atomic E-state index is -0.0292. The van der Waals surface area contributed by atoms with E-state index in [0.29, 0.717) is 12.0 Å². The monoisotopic (exact) mass is 227 g/mol. The Kier molecular flexibility index (Phi) is 4.58. The van der Waals surface area contributed by atoms with Crippen molar-refractivity contribution in [3.63, 3.8) is 0 Å². The quantitative estimate of drug-likeness (QED) is 0.309. The smallest absolute Gasteiger partial charge is 0.230 e. The predicted molar refractivity (Wildman–Crippen MR) is 62.2 cm³/mol. The maximum absolute atomic E-state index is 11.9. The van der Waals surface area contributed by atoms with Crippen LogP contribution in [-0.2, 0) is 4.79 Å². The highest BCUT2D eigenvalue weighted by Gasteiger charge is 2.32. The summed E-state index contributed by atoms with van der Waals surface area (Å²) in [6.45, 7) is 5.05. The lowest BCUT2D eigenvalue weighted by Gasteiger charge is -2.23. The first-order valence-corrected chi connectivity index (χ1v) is 5.80. The standard InChI is InChI=1S/C11H21N3O2/c1-8(2)5-6-14(9-3-4-9)11(15)7-10(12)13-16/h8-9,16H,3-7H2,1-2H3,(H2,12,13). The number of oxime groups is 1. The molecule has 0 aromatic heterocycles. The summed E-state index contributed by atoms with van der Waals surface area (Å²) in [7, 11) is 0. The maximum atomic E-state index is 11.9. The lowest BCUT2D eigenvalue weighted by Crippen LogP contribution is -2.37. The molecule has 5 heteroatoms. The van der Waals surface area contributed by atoms with E-state index < -0.39 is 0 Å². The number of hydrogen-bond donors (Lipinski definition) is 2. The van der Waals surface area contributed by atoms with E-state index in [1.807, 2.05) is 4.90 Å². The minimum Gasteiger partial charge on any atom is -0.409 e. The van der Waals surface area contributed by atoms with Gasteiger partial charge in [-0.25, -0.2) is 0 Å². The predicted octanol–water partition coefficient (Wildman–Crippen LogP) is 1.16. The van der Waals surface area contributed by atoms with Crippen LogP contribution in [0.5, 0.6) is 0 Å². The van der Waals surface area contributed by atoms with Gasteiger partial charge < -0.3 is 15.8 Å². The molecule has 0 aromatic rings. The van der Waals surface area contributed by atoms with Crippen LogP contribution in [0.4, 0.5) is 0 Å². The fourth-order valence-electron chi connectivity index (χ4n) is 1.59. The number of amides is 1. The van der Waals surface area contributed by atoms with Gasteiger partial charge in [-0.3, -0.25) is 4.79 Å². The largest absolute Gasteiger partial charge is 0.409 e. The number of carbonyl (C=O) groups is 1. The highest BCUT2D eigenvalue weighted by atomic mass is 16.4. The molecule has 0 bridgehead atoms. The van der Waals surface area contributed by atoms with Gasteiger partial charge in [0.25, 0.3) is 0 Å². The van der Waals surface area contributed by atoms with E-state index in [4.69, 9.17) is 10.9 Å². The fourth-order valence-corrected chi connectivity index (χ4v) is 1.59. The minimum absolute atomic E-state index is 0.0137. The molecule has 0 spiro atoms. The van der Waals surface area contributed by atoms with Crippen LogP contribution in [0.1, 0.15) is 39.5 Å². The van der Waals surface area contributed by atoms with Gasteiger partial charge in [0, 0.05) is 12.6 Å². The molecular weight excluding hydrogens is 206 g/mol. The first-order chi connectivity index (χ1) is 7.54. The van der Waals surface area contributed by atoms with E-state index in [-0.39, 0.29) is 18.2 Å². The van der Waals surface area contributed by atoms with Crippen molar-refractivity contribution in [3.05, 3.63) is 0 Å². The highest BCUT2D eigenvalue weighted by Crippen LogP contribution is 2.27. The molecular formula is C11H21N3O2. The first kappa shape index (κ1) is 12.8. The summed E-state index contributed by atoms with van der Waals surface area (Å²) in [5.74, 6) is 0.538. The molecule has 1 rings (SSSR count). The molecule has 0 atom stereocenters. The molecule has 1 fully saturated rings. The molecule has 0 saturated heterocycles. The number of hydrogen-bond acceptors (Lipinski definition) is 3. The third kappa shape index (κ3) is 4.08. The molecule has 5 nitrogen and oxygen atoms in total. The molecule has 3 N–H and O–H groups in total. The molecule has 0 unspecified atom stereocenters. The van der Waals surface area contributed by atoms with Gasteiger partial charge in [0.2, 0.25) is 5.91 Å². The summed E-state index contributed by atoms with van der Waals surface area (Å²) in [5, 5.41) is 11.3. The molecule has 1 aliphatic carbocycles. The van der Waals surface area contributed by atoms with Crippen LogP contribution in [0.2, 0.25) is 0 Å². The van der Waals surface area contributed by atoms with Crippen molar-refractivity contribution in [2.45, 2.75) is 45.6 Å². The molecule has 1 aliphatic rings. The van der Waals surface area contributed by atoms with E-state index in [1.165, 1.54) is 0 Å². The lowest BCUT2D eigenvalue weighted by atomic mass is 10.1. The Morgan fingerprint density at radius 1 is 1.56 bits per heavy atom. The maximum Gasteiger partial charge on any atom is 0.230 e. The van der Waals surface area contributed by atoms with Crippen LogP contribution in [0.3, 0.4) is 0 Å². The zero-order valence-corrected chi connectivity index (χ0v) is 10.0. The van der Waals surface area contributed by atoms with E-state index in [0.717, 1.165) is 25.8 Å². The zero-order chi connectivity index (χ0) is 12.1. The van der Waals surface area contributed by atoms with E-state index in [9.17, 15) is 4.79 Å². The van der Waals surface area contributed by atoms with Crippen molar-refractivity contribution in [1.82, 2.24) is 4.90 Å².